The van der Waals surface area contributed by atoms with Crippen LogP contribution < -0.4 is 10.1 Å². The lowest BCUT2D eigenvalue weighted by molar-refractivity contribution is -0.0794. The molecule has 1 N–H and O–H groups in total. The standard InChI is InChI=1S/C24H25F4N7O2/c1-36-23-22-21(13-2-3-18-19(6-13)34(12-29-18)9-20(27)28)16(26)8-35(22)32-24(31-23)30-17-4-5-33(7-15(17)25)14-10-37-11-14/h2-3,6,8,12,14-15,17,20H,4-5,7,9-11H2,1H3,(H,30,32)/t15-,17+/m0/s1/i14D. The van der Waals surface area contributed by atoms with E-state index in [-0.39, 0.29) is 42.7 Å². The van der Waals surface area contributed by atoms with Crippen molar-refractivity contribution in [2.24, 2.45) is 0 Å². The first kappa shape index (κ1) is 22.7. The largest absolute Gasteiger partial charge is 0.479 e. The van der Waals surface area contributed by atoms with Gasteiger partial charge in [-0.15, -0.1) is 5.10 Å². The maximum absolute atomic E-state index is 15.3. The van der Waals surface area contributed by atoms with Crippen molar-refractivity contribution in [3.8, 4) is 17.0 Å². The number of fused-ring (bicyclic) bond motifs is 2. The number of alkyl halides is 3. The number of ether oxygens (including phenoxy) is 2. The van der Waals surface area contributed by atoms with Gasteiger partial charge in [0.25, 0.3) is 6.43 Å². The molecule has 2 aliphatic rings. The molecule has 0 aliphatic carbocycles. The topological polar surface area (TPSA) is 81.7 Å². The summed E-state index contributed by atoms with van der Waals surface area (Å²) in [7, 11) is 1.38. The zero-order chi connectivity index (χ0) is 26.6. The van der Waals surface area contributed by atoms with Crippen LogP contribution in [0.3, 0.4) is 0 Å². The first-order valence-corrected chi connectivity index (χ1v) is 11.9. The summed E-state index contributed by atoms with van der Waals surface area (Å²) in [5.41, 5.74) is 1.73. The van der Waals surface area contributed by atoms with Gasteiger partial charge in [0.05, 0.1) is 69.4 Å². The van der Waals surface area contributed by atoms with Crippen LogP contribution in [0.2, 0.25) is 0 Å². The Morgan fingerprint density at radius 2 is 2.16 bits per heavy atom. The lowest BCUT2D eigenvalue weighted by Gasteiger charge is -2.42. The van der Waals surface area contributed by atoms with Gasteiger partial charge < -0.3 is 19.4 Å². The molecule has 5 heterocycles. The number of hydrogen-bond acceptors (Lipinski definition) is 7. The van der Waals surface area contributed by atoms with Crippen molar-refractivity contribution >= 4 is 22.5 Å². The molecule has 3 aromatic heterocycles. The van der Waals surface area contributed by atoms with E-state index in [1.54, 1.807) is 23.1 Å². The summed E-state index contributed by atoms with van der Waals surface area (Å²) < 4.78 is 77.8. The normalized spacial score (nSPS) is 22.4. The molecule has 9 nitrogen and oxygen atoms in total. The minimum Gasteiger partial charge on any atom is -0.479 e. The second kappa shape index (κ2) is 9.45. The van der Waals surface area contributed by atoms with Gasteiger partial charge in [0, 0.05) is 13.1 Å². The van der Waals surface area contributed by atoms with Crippen molar-refractivity contribution in [1.82, 2.24) is 29.0 Å². The van der Waals surface area contributed by atoms with E-state index in [0.717, 1.165) is 6.20 Å². The summed E-state index contributed by atoms with van der Waals surface area (Å²) in [5.74, 6) is -0.489. The lowest BCUT2D eigenvalue weighted by Crippen LogP contribution is -2.57. The minimum atomic E-state index is -2.57. The fourth-order valence-electron chi connectivity index (χ4n) is 4.90. The second-order valence-corrected chi connectivity index (χ2v) is 9.14. The van der Waals surface area contributed by atoms with Crippen LogP contribution in [-0.4, -0.2) is 87.1 Å². The number of rotatable bonds is 7. The van der Waals surface area contributed by atoms with E-state index in [1.165, 1.54) is 22.5 Å². The van der Waals surface area contributed by atoms with Crippen molar-refractivity contribution in [3.05, 3.63) is 36.5 Å². The van der Waals surface area contributed by atoms with E-state index in [0.29, 0.717) is 29.6 Å². The van der Waals surface area contributed by atoms with Gasteiger partial charge in [-0.1, -0.05) is 6.07 Å². The van der Waals surface area contributed by atoms with Crippen molar-refractivity contribution < 1.29 is 28.4 Å². The molecule has 2 atom stereocenters. The number of nitrogens with zero attached hydrogens (tertiary/aromatic N) is 6. The van der Waals surface area contributed by atoms with Crippen LogP contribution in [0, 0.1) is 5.82 Å². The number of hydrogen-bond donors (Lipinski definition) is 1. The third-order valence-corrected chi connectivity index (χ3v) is 6.83. The Balaban J connectivity index is 1.31. The van der Waals surface area contributed by atoms with Crippen LogP contribution in [0.1, 0.15) is 7.79 Å². The Kier molecular flexibility index (Phi) is 5.80. The number of methoxy groups -OCH3 is 1. The average Bonchev–Trinajstić information content (AvgIpc) is 3.42. The quantitative estimate of drug-likeness (QED) is 0.374. The summed E-state index contributed by atoms with van der Waals surface area (Å²) in [6.07, 6.45) is -0.944. The number of halogens is 4. The second-order valence-electron chi connectivity index (χ2n) is 9.14. The minimum absolute atomic E-state index is 0.0622. The summed E-state index contributed by atoms with van der Waals surface area (Å²) in [6.45, 7) is 0.579. The molecule has 196 valence electrons. The Morgan fingerprint density at radius 1 is 1.32 bits per heavy atom. The highest BCUT2D eigenvalue weighted by Crippen LogP contribution is 2.35. The summed E-state index contributed by atoms with van der Waals surface area (Å²) in [4.78, 5) is 10.3. The van der Waals surface area contributed by atoms with E-state index in [2.05, 4.69) is 20.4 Å². The van der Waals surface area contributed by atoms with E-state index in [1.807, 2.05) is 0 Å². The predicted molar refractivity (Wildman–Crippen MR) is 127 cm³/mol. The smallest absolute Gasteiger partial charge is 0.256 e. The van der Waals surface area contributed by atoms with Gasteiger partial charge >= 0.3 is 0 Å². The monoisotopic (exact) mass is 520 g/mol. The number of anilines is 1. The highest BCUT2D eigenvalue weighted by Gasteiger charge is 2.36. The summed E-state index contributed by atoms with van der Waals surface area (Å²) in [6, 6.07) is 3.37. The molecule has 2 aliphatic heterocycles. The van der Waals surface area contributed by atoms with Crippen molar-refractivity contribution in [1.29, 1.82) is 0 Å². The van der Waals surface area contributed by atoms with Crippen LogP contribution in [0.25, 0.3) is 27.7 Å². The SMILES string of the molecule is [2H]C1(N2CC[C@@H](Nc3nc(OC)c4c(-c5ccc6ncn(CC(F)F)c6c5)c(F)cn4n3)[C@@H](F)C2)COC1. The number of nitrogens with one attached hydrogen (secondary N) is 1. The maximum atomic E-state index is 15.3. The summed E-state index contributed by atoms with van der Waals surface area (Å²) >= 11 is 0. The molecule has 0 amide bonds. The van der Waals surface area contributed by atoms with Gasteiger partial charge in [0.15, 0.2) is 5.82 Å². The Morgan fingerprint density at radius 3 is 2.86 bits per heavy atom. The van der Waals surface area contributed by atoms with Gasteiger partial charge in [0.1, 0.15) is 11.7 Å². The number of likely N-dealkylation sites (tertiary alicyclic amines) is 1. The fourth-order valence-corrected chi connectivity index (χ4v) is 4.90. The summed E-state index contributed by atoms with van der Waals surface area (Å²) in [5, 5.41) is 7.34. The zero-order valence-corrected chi connectivity index (χ0v) is 19.9. The molecule has 37 heavy (non-hydrogen) atoms. The van der Waals surface area contributed by atoms with Gasteiger partial charge in [-0.25, -0.2) is 27.1 Å². The lowest BCUT2D eigenvalue weighted by atomic mass is 10.0. The van der Waals surface area contributed by atoms with Crippen LogP contribution in [0.5, 0.6) is 5.88 Å². The Hall–Kier alpha value is -3.45. The molecule has 13 heteroatoms. The van der Waals surface area contributed by atoms with E-state index >= 15 is 8.78 Å². The van der Waals surface area contributed by atoms with Crippen LogP contribution in [0.15, 0.2) is 30.7 Å². The highest BCUT2D eigenvalue weighted by atomic mass is 19.3. The Bertz CT molecular complexity index is 1490. The Labute approximate surface area is 210 Å². The van der Waals surface area contributed by atoms with Gasteiger partial charge in [-0.2, -0.15) is 4.98 Å². The first-order chi connectivity index (χ1) is 18.3. The molecule has 0 radical (unpaired) electrons. The average molecular weight is 521 g/mol. The predicted octanol–water partition coefficient (Wildman–Crippen LogP) is 3.38. The fraction of sp³-hybridized carbons (Fsp3) is 0.458. The van der Waals surface area contributed by atoms with Crippen LogP contribution in [-0.2, 0) is 11.3 Å². The van der Waals surface area contributed by atoms with Gasteiger partial charge in [-0.3, -0.25) is 4.90 Å². The molecule has 0 spiro atoms. The zero-order valence-electron chi connectivity index (χ0n) is 20.9. The number of benzene rings is 1. The molecule has 4 aromatic rings. The maximum Gasteiger partial charge on any atom is 0.256 e. The number of aromatic nitrogens is 5. The number of imidazole rings is 1. The molecule has 6 rings (SSSR count). The molecule has 0 unspecified atom stereocenters. The molecule has 1 aromatic carbocycles. The first-order valence-electron chi connectivity index (χ1n) is 12.4. The van der Waals surface area contributed by atoms with Crippen molar-refractivity contribution in [2.45, 2.75) is 37.6 Å². The van der Waals surface area contributed by atoms with E-state index in [9.17, 15) is 8.78 Å². The van der Waals surface area contributed by atoms with E-state index < -0.39 is 37.0 Å². The molecular weight excluding hydrogens is 494 g/mol. The van der Waals surface area contributed by atoms with Gasteiger partial charge in [0.2, 0.25) is 11.8 Å². The molecule has 0 saturated carbocycles. The third kappa shape index (κ3) is 4.35. The van der Waals surface area contributed by atoms with Crippen molar-refractivity contribution in [2.75, 3.05) is 38.7 Å². The molecular formula is C24H25F4N7O2. The van der Waals surface area contributed by atoms with Crippen LogP contribution >= 0.6 is 0 Å². The van der Waals surface area contributed by atoms with E-state index in [4.69, 9.17) is 10.8 Å². The molecule has 0 bridgehead atoms. The van der Waals surface area contributed by atoms with Gasteiger partial charge in [-0.05, 0) is 24.1 Å². The molecule has 2 fully saturated rings. The number of piperidine rings is 1. The highest BCUT2D eigenvalue weighted by molar-refractivity contribution is 5.90. The third-order valence-electron chi connectivity index (χ3n) is 6.83. The van der Waals surface area contributed by atoms with Crippen molar-refractivity contribution in [3.63, 3.8) is 0 Å². The van der Waals surface area contributed by atoms with Crippen LogP contribution in [0.4, 0.5) is 23.5 Å². The molecule has 2 saturated heterocycles.